The summed E-state index contributed by atoms with van der Waals surface area (Å²) in [5, 5.41) is 0. The highest BCUT2D eigenvalue weighted by Gasteiger charge is 2.40. The highest BCUT2D eigenvalue weighted by atomic mass is 16.1. The molecule has 1 heteroatoms. The third-order valence-electron chi connectivity index (χ3n) is 3.80. The lowest BCUT2D eigenvalue weighted by Gasteiger charge is -2.41. The number of hydrogen-bond acceptors (Lipinski definition) is 1. The molecule has 1 nitrogen and oxygen atoms in total. The minimum atomic E-state index is 0.00819. The highest BCUT2D eigenvalue weighted by Crippen LogP contribution is 2.44. The predicted molar refractivity (Wildman–Crippen MR) is 64.6 cm³/mol. The van der Waals surface area contributed by atoms with Crippen molar-refractivity contribution >= 4 is 5.78 Å². The van der Waals surface area contributed by atoms with Crippen molar-refractivity contribution < 1.29 is 4.79 Å². The minimum absolute atomic E-state index is 0.00819. The molecule has 0 saturated heterocycles. The van der Waals surface area contributed by atoms with Crippen LogP contribution in [0.1, 0.15) is 41.0 Å². The van der Waals surface area contributed by atoms with Crippen molar-refractivity contribution in [2.75, 3.05) is 0 Å². The molecule has 15 heavy (non-hydrogen) atoms. The maximum absolute atomic E-state index is 12.1. The molecule has 0 N–H and O–H groups in total. The van der Waals surface area contributed by atoms with E-state index in [0.29, 0.717) is 5.92 Å². The molecule has 0 radical (unpaired) electrons. The van der Waals surface area contributed by atoms with Crippen molar-refractivity contribution in [1.82, 2.24) is 0 Å². The summed E-state index contributed by atoms with van der Waals surface area (Å²) < 4.78 is 0. The second-order valence-electron chi connectivity index (χ2n) is 5.20. The van der Waals surface area contributed by atoms with Crippen LogP contribution in [0.25, 0.3) is 0 Å². The van der Waals surface area contributed by atoms with Gasteiger partial charge in [-0.15, -0.1) is 0 Å². The van der Waals surface area contributed by atoms with Gasteiger partial charge in [0.1, 0.15) is 0 Å². The van der Waals surface area contributed by atoms with E-state index in [-0.39, 0.29) is 17.1 Å². The number of carbonyl (C=O) groups is 1. The fraction of sp³-hybridized carbons (Fsp3) is 0.643. The number of carbonyl (C=O) groups excluding carboxylic acids is 1. The van der Waals surface area contributed by atoms with Crippen molar-refractivity contribution in [3.63, 3.8) is 0 Å². The van der Waals surface area contributed by atoms with Gasteiger partial charge in [0.2, 0.25) is 0 Å². The average Bonchev–Trinajstić information content (AvgIpc) is 2.12. The van der Waals surface area contributed by atoms with Crippen molar-refractivity contribution in [3.05, 3.63) is 23.8 Å². The molecule has 0 unspecified atom stereocenters. The van der Waals surface area contributed by atoms with Crippen LogP contribution in [0.2, 0.25) is 0 Å². The second kappa shape index (κ2) is 4.34. The first-order valence-corrected chi connectivity index (χ1v) is 5.75. The maximum Gasteiger partial charge on any atom is 0.159 e. The lowest BCUT2D eigenvalue weighted by molar-refractivity contribution is -0.123. The zero-order valence-corrected chi connectivity index (χ0v) is 10.5. The normalized spacial score (nSPS) is 30.3. The molecule has 0 aromatic carbocycles. The van der Waals surface area contributed by atoms with Crippen LogP contribution in [0.5, 0.6) is 0 Å². The molecule has 0 aromatic rings. The number of hydrogen-bond donors (Lipinski definition) is 0. The summed E-state index contributed by atoms with van der Waals surface area (Å²) in [6.07, 6.45) is 6.88. The van der Waals surface area contributed by atoms with Crippen LogP contribution in [-0.4, -0.2) is 5.78 Å². The Balaban J connectivity index is 3.05. The van der Waals surface area contributed by atoms with Crippen molar-refractivity contribution in [2.45, 2.75) is 41.0 Å². The summed E-state index contributed by atoms with van der Waals surface area (Å²) in [7, 11) is 0. The van der Waals surface area contributed by atoms with E-state index in [9.17, 15) is 4.79 Å². The van der Waals surface area contributed by atoms with E-state index in [1.54, 1.807) is 6.08 Å². The third-order valence-corrected chi connectivity index (χ3v) is 3.80. The van der Waals surface area contributed by atoms with Crippen LogP contribution in [-0.2, 0) is 4.79 Å². The molecule has 1 aliphatic rings. The van der Waals surface area contributed by atoms with Crippen LogP contribution < -0.4 is 0 Å². The number of rotatable bonds is 2. The van der Waals surface area contributed by atoms with E-state index in [2.05, 4.69) is 33.8 Å². The Hall–Kier alpha value is -0.850. The molecule has 0 amide bonds. The molecule has 0 saturated carbocycles. The zero-order valence-electron chi connectivity index (χ0n) is 10.5. The topological polar surface area (TPSA) is 17.1 Å². The lowest BCUT2D eigenvalue weighted by atomic mass is 9.62. The van der Waals surface area contributed by atoms with Crippen LogP contribution in [0.3, 0.4) is 0 Å². The number of ketones is 1. The SMILES string of the molecule is C/C=C/C(=O)[C@H]1[C@H](C)CC=C(C)C1(C)C. The van der Waals surface area contributed by atoms with E-state index in [4.69, 9.17) is 0 Å². The first-order valence-electron chi connectivity index (χ1n) is 5.75. The number of allylic oxidation sites excluding steroid dienone is 4. The molecule has 0 aromatic heterocycles. The minimum Gasteiger partial charge on any atom is -0.295 e. The van der Waals surface area contributed by atoms with Crippen LogP contribution in [0.15, 0.2) is 23.8 Å². The smallest absolute Gasteiger partial charge is 0.159 e. The summed E-state index contributed by atoms with van der Waals surface area (Å²) in [5.41, 5.74) is 1.36. The lowest BCUT2D eigenvalue weighted by Crippen LogP contribution is -2.38. The predicted octanol–water partition coefficient (Wildman–Crippen LogP) is 3.76. The highest BCUT2D eigenvalue weighted by molar-refractivity contribution is 5.92. The Kier molecular flexibility index (Phi) is 3.54. The zero-order chi connectivity index (χ0) is 11.6. The van der Waals surface area contributed by atoms with Crippen molar-refractivity contribution in [3.8, 4) is 0 Å². The Labute approximate surface area is 93.3 Å². The van der Waals surface area contributed by atoms with Gasteiger partial charge >= 0.3 is 0 Å². The van der Waals surface area contributed by atoms with Gasteiger partial charge in [0.05, 0.1) is 0 Å². The van der Waals surface area contributed by atoms with E-state index < -0.39 is 0 Å². The van der Waals surface area contributed by atoms with Gasteiger partial charge in [-0.25, -0.2) is 0 Å². The molecular weight excluding hydrogens is 184 g/mol. The van der Waals surface area contributed by atoms with E-state index in [0.717, 1.165) is 6.42 Å². The molecular formula is C14H22O. The van der Waals surface area contributed by atoms with Crippen LogP contribution in [0, 0.1) is 17.3 Å². The molecule has 0 aliphatic heterocycles. The summed E-state index contributed by atoms with van der Waals surface area (Å²) >= 11 is 0. The first-order chi connectivity index (χ1) is 6.91. The van der Waals surface area contributed by atoms with Gasteiger partial charge in [0.15, 0.2) is 5.78 Å². The van der Waals surface area contributed by atoms with Gasteiger partial charge < -0.3 is 0 Å². The summed E-state index contributed by atoms with van der Waals surface area (Å²) in [6, 6.07) is 0. The van der Waals surface area contributed by atoms with Gasteiger partial charge in [-0.3, -0.25) is 4.79 Å². The quantitative estimate of drug-likeness (QED) is 0.496. The maximum atomic E-state index is 12.1. The fourth-order valence-electron chi connectivity index (χ4n) is 2.62. The summed E-state index contributed by atoms with van der Waals surface area (Å²) in [4.78, 5) is 12.1. The molecule has 1 aliphatic carbocycles. The molecule has 0 heterocycles. The largest absolute Gasteiger partial charge is 0.295 e. The monoisotopic (exact) mass is 206 g/mol. The Bertz CT molecular complexity index is 307. The molecule has 0 spiro atoms. The standard InChI is InChI=1S/C14H22O/c1-6-7-12(15)13-10(2)8-9-11(3)14(13,4)5/h6-7,9-10,13H,8H2,1-5H3/b7-6+/t10-,13-/m1/s1. The molecule has 0 fully saturated rings. The molecule has 0 bridgehead atoms. The van der Waals surface area contributed by atoms with Gasteiger partial charge in [-0.05, 0) is 37.7 Å². The van der Waals surface area contributed by atoms with E-state index >= 15 is 0 Å². The van der Waals surface area contributed by atoms with Gasteiger partial charge in [-0.2, -0.15) is 0 Å². The Morgan fingerprint density at radius 1 is 1.53 bits per heavy atom. The van der Waals surface area contributed by atoms with Gasteiger partial charge in [0.25, 0.3) is 0 Å². The van der Waals surface area contributed by atoms with Gasteiger partial charge in [0, 0.05) is 5.92 Å². The van der Waals surface area contributed by atoms with Gasteiger partial charge in [-0.1, -0.05) is 38.5 Å². The third kappa shape index (κ3) is 2.22. The first kappa shape index (κ1) is 12.2. The Morgan fingerprint density at radius 3 is 2.67 bits per heavy atom. The van der Waals surface area contributed by atoms with Crippen molar-refractivity contribution in [2.24, 2.45) is 17.3 Å². The fourth-order valence-corrected chi connectivity index (χ4v) is 2.62. The molecule has 84 valence electrons. The Morgan fingerprint density at radius 2 is 2.13 bits per heavy atom. The second-order valence-corrected chi connectivity index (χ2v) is 5.20. The average molecular weight is 206 g/mol. The van der Waals surface area contributed by atoms with E-state index in [1.807, 2.05) is 13.0 Å². The summed E-state index contributed by atoms with van der Waals surface area (Å²) in [5.74, 6) is 0.869. The van der Waals surface area contributed by atoms with Crippen LogP contribution in [0.4, 0.5) is 0 Å². The van der Waals surface area contributed by atoms with Crippen molar-refractivity contribution in [1.29, 1.82) is 0 Å². The summed E-state index contributed by atoms with van der Waals surface area (Å²) in [6.45, 7) is 10.6. The van der Waals surface area contributed by atoms with Crippen LogP contribution >= 0.6 is 0 Å². The molecule has 2 atom stereocenters. The van der Waals surface area contributed by atoms with E-state index in [1.165, 1.54) is 5.57 Å². The molecule has 1 rings (SSSR count).